The third-order valence-corrected chi connectivity index (χ3v) is 3.23. The summed E-state index contributed by atoms with van der Waals surface area (Å²) < 4.78 is 5.34. The maximum absolute atomic E-state index is 11.7. The number of phenols is 1. The van der Waals surface area contributed by atoms with Crippen molar-refractivity contribution in [1.82, 2.24) is 0 Å². The van der Waals surface area contributed by atoms with Crippen LogP contribution in [0, 0.1) is 11.3 Å². The van der Waals surface area contributed by atoms with E-state index in [1.165, 1.54) is 18.2 Å². The van der Waals surface area contributed by atoms with E-state index in [0.29, 0.717) is 11.3 Å². The summed E-state index contributed by atoms with van der Waals surface area (Å²) in [6, 6.07) is 11.2. The highest BCUT2D eigenvalue weighted by Crippen LogP contribution is 2.31. The van der Waals surface area contributed by atoms with E-state index in [1.807, 2.05) is 6.07 Å². The monoisotopic (exact) mass is 328 g/mol. The van der Waals surface area contributed by atoms with Gasteiger partial charge in [0.15, 0.2) is 6.04 Å². The number of carboxylic acids is 1. The van der Waals surface area contributed by atoms with Crippen molar-refractivity contribution in [3.05, 3.63) is 53.6 Å². The van der Waals surface area contributed by atoms with Gasteiger partial charge in [-0.15, -0.1) is 0 Å². The fraction of sp³-hybridized carbons (Fsp3) is 0.176. The zero-order chi connectivity index (χ0) is 17.5. The van der Waals surface area contributed by atoms with E-state index >= 15 is 0 Å². The van der Waals surface area contributed by atoms with E-state index in [1.54, 1.807) is 24.3 Å². The number of ether oxygens (including phenoxy) is 1. The average molecular weight is 328 g/mol. The Morgan fingerprint density at radius 2 is 1.96 bits per heavy atom. The minimum atomic E-state index is -1.18. The molecule has 0 bridgehead atoms. The zero-order valence-electron chi connectivity index (χ0n) is 12.6. The first-order valence-electron chi connectivity index (χ1n) is 7.11. The molecule has 0 aliphatic carbocycles. The summed E-state index contributed by atoms with van der Waals surface area (Å²) in [5.74, 6) is -1.02. The molecule has 0 aliphatic heterocycles. The highest BCUT2D eigenvalue weighted by molar-refractivity contribution is 5.80. The number of phenolic OH excluding ortho intramolecular Hbond substituents is 1. The van der Waals surface area contributed by atoms with Gasteiger partial charge in [0, 0.05) is 11.3 Å². The number of carboxylic acid groups (broad SMARTS) is 1. The number of nitriles is 1. The van der Waals surface area contributed by atoms with Crippen molar-refractivity contribution < 1.29 is 24.9 Å². The van der Waals surface area contributed by atoms with Crippen molar-refractivity contribution in [3.8, 4) is 17.6 Å². The Balaban J connectivity index is 2.34. The third-order valence-electron chi connectivity index (χ3n) is 3.23. The Labute approximate surface area is 138 Å². The fourth-order valence-corrected chi connectivity index (χ4v) is 2.13. The molecule has 2 rings (SSSR count). The molecule has 4 N–H and O–H groups in total. The molecular weight excluding hydrogens is 312 g/mol. The van der Waals surface area contributed by atoms with Crippen molar-refractivity contribution in [2.24, 2.45) is 0 Å². The Morgan fingerprint density at radius 3 is 2.54 bits per heavy atom. The number of hydrogen-bond donors (Lipinski definition) is 4. The lowest BCUT2D eigenvalue weighted by Crippen LogP contribution is -2.21. The predicted octanol–water partition coefficient (Wildman–Crippen LogP) is 1.87. The molecule has 0 aliphatic rings. The number of aliphatic carboxylic acids is 1. The summed E-state index contributed by atoms with van der Waals surface area (Å²) in [6.45, 7) is -0.220. The fourth-order valence-electron chi connectivity index (χ4n) is 2.13. The molecule has 7 nitrogen and oxygen atoms in total. The van der Waals surface area contributed by atoms with Crippen molar-refractivity contribution in [2.45, 2.75) is 6.04 Å². The van der Waals surface area contributed by atoms with Gasteiger partial charge >= 0.3 is 5.97 Å². The van der Waals surface area contributed by atoms with Crippen LogP contribution in [0.5, 0.6) is 11.5 Å². The standard InChI is InChI=1S/C17H16N2O5/c18-10-11-1-3-12(4-2-11)19-16(17(22)23)14-9-13(21)5-6-15(14)24-8-7-20/h1-6,9,16,19-21H,7-8H2,(H,22,23). The van der Waals surface area contributed by atoms with Gasteiger partial charge in [-0.2, -0.15) is 5.26 Å². The van der Waals surface area contributed by atoms with Crippen LogP contribution in [0.3, 0.4) is 0 Å². The zero-order valence-corrected chi connectivity index (χ0v) is 12.6. The Kier molecular flexibility index (Phi) is 5.60. The lowest BCUT2D eigenvalue weighted by molar-refractivity contribution is -0.138. The molecule has 0 amide bonds. The molecule has 7 heteroatoms. The van der Waals surface area contributed by atoms with E-state index < -0.39 is 12.0 Å². The topological polar surface area (TPSA) is 123 Å². The summed E-state index contributed by atoms with van der Waals surface area (Å²) in [6.07, 6.45) is 0. The second-order valence-electron chi connectivity index (χ2n) is 4.90. The number of aliphatic hydroxyl groups is 1. The molecule has 0 saturated heterocycles. The van der Waals surface area contributed by atoms with Gasteiger partial charge in [-0.05, 0) is 42.5 Å². The maximum atomic E-state index is 11.7. The molecule has 1 atom stereocenters. The largest absolute Gasteiger partial charge is 0.508 e. The van der Waals surface area contributed by atoms with E-state index in [-0.39, 0.29) is 30.3 Å². The lowest BCUT2D eigenvalue weighted by Gasteiger charge is -2.19. The van der Waals surface area contributed by atoms with Gasteiger partial charge in [0.05, 0.1) is 18.2 Å². The van der Waals surface area contributed by atoms with E-state index in [2.05, 4.69) is 5.32 Å². The summed E-state index contributed by atoms with van der Waals surface area (Å²) in [5, 5.41) is 39.7. The molecule has 1 unspecified atom stereocenters. The first-order chi connectivity index (χ1) is 11.5. The van der Waals surface area contributed by atoms with Crippen molar-refractivity contribution >= 4 is 11.7 Å². The van der Waals surface area contributed by atoms with Gasteiger partial charge in [-0.1, -0.05) is 0 Å². The number of hydrogen-bond acceptors (Lipinski definition) is 6. The number of aromatic hydroxyl groups is 1. The normalized spacial score (nSPS) is 11.3. The van der Waals surface area contributed by atoms with Crippen molar-refractivity contribution in [1.29, 1.82) is 5.26 Å². The molecule has 0 aromatic heterocycles. The average Bonchev–Trinajstić information content (AvgIpc) is 2.59. The number of rotatable bonds is 7. The highest BCUT2D eigenvalue weighted by atomic mass is 16.5. The number of benzene rings is 2. The highest BCUT2D eigenvalue weighted by Gasteiger charge is 2.24. The van der Waals surface area contributed by atoms with Crippen molar-refractivity contribution in [3.63, 3.8) is 0 Å². The molecule has 0 radical (unpaired) electrons. The van der Waals surface area contributed by atoms with Crippen LogP contribution in [-0.2, 0) is 4.79 Å². The Bertz CT molecular complexity index is 753. The minimum Gasteiger partial charge on any atom is -0.508 e. The maximum Gasteiger partial charge on any atom is 0.330 e. The molecule has 0 saturated carbocycles. The first kappa shape index (κ1) is 17.1. The van der Waals surface area contributed by atoms with Crippen LogP contribution in [0.1, 0.15) is 17.2 Å². The first-order valence-corrected chi connectivity index (χ1v) is 7.11. The third kappa shape index (κ3) is 4.15. The van der Waals surface area contributed by atoms with Gasteiger partial charge in [0.1, 0.15) is 18.1 Å². The number of nitrogens with one attached hydrogen (secondary N) is 1. The summed E-state index contributed by atoms with van der Waals surface area (Å²) in [7, 11) is 0. The van der Waals surface area contributed by atoms with Gasteiger partial charge < -0.3 is 25.4 Å². The summed E-state index contributed by atoms with van der Waals surface area (Å²) >= 11 is 0. The van der Waals surface area contributed by atoms with E-state index in [4.69, 9.17) is 15.1 Å². The van der Waals surface area contributed by atoms with Crippen LogP contribution >= 0.6 is 0 Å². The quantitative estimate of drug-likeness (QED) is 0.612. The minimum absolute atomic E-state index is 0.000973. The summed E-state index contributed by atoms with van der Waals surface area (Å²) in [4.78, 5) is 11.7. The van der Waals surface area contributed by atoms with Crippen molar-refractivity contribution in [2.75, 3.05) is 18.5 Å². The van der Waals surface area contributed by atoms with E-state index in [0.717, 1.165) is 0 Å². The Morgan fingerprint density at radius 1 is 1.25 bits per heavy atom. The SMILES string of the molecule is N#Cc1ccc(NC(C(=O)O)c2cc(O)ccc2OCCO)cc1. The molecule has 2 aromatic rings. The number of carbonyl (C=O) groups is 1. The van der Waals surface area contributed by atoms with Crippen LogP contribution in [-0.4, -0.2) is 34.5 Å². The smallest absolute Gasteiger partial charge is 0.330 e. The van der Waals surface area contributed by atoms with Crippen LogP contribution < -0.4 is 10.1 Å². The van der Waals surface area contributed by atoms with Crippen LogP contribution in [0.4, 0.5) is 5.69 Å². The second-order valence-corrected chi connectivity index (χ2v) is 4.90. The summed E-state index contributed by atoms with van der Waals surface area (Å²) in [5.41, 5.74) is 1.18. The second kappa shape index (κ2) is 7.85. The molecule has 0 spiro atoms. The van der Waals surface area contributed by atoms with Gasteiger partial charge in [-0.3, -0.25) is 0 Å². The molecule has 0 heterocycles. The van der Waals surface area contributed by atoms with Gasteiger partial charge in [-0.25, -0.2) is 4.79 Å². The lowest BCUT2D eigenvalue weighted by atomic mass is 10.0. The van der Waals surface area contributed by atoms with Crippen LogP contribution in [0.25, 0.3) is 0 Å². The van der Waals surface area contributed by atoms with E-state index in [9.17, 15) is 15.0 Å². The molecule has 0 fully saturated rings. The number of anilines is 1. The molecule has 2 aromatic carbocycles. The molecule has 124 valence electrons. The molecule has 24 heavy (non-hydrogen) atoms. The van der Waals surface area contributed by atoms with Crippen LogP contribution in [0.15, 0.2) is 42.5 Å². The predicted molar refractivity (Wildman–Crippen MR) is 85.8 cm³/mol. The number of aliphatic hydroxyl groups excluding tert-OH is 1. The van der Waals surface area contributed by atoms with Gasteiger partial charge in [0.25, 0.3) is 0 Å². The number of nitrogens with zero attached hydrogens (tertiary/aromatic N) is 1. The van der Waals surface area contributed by atoms with Crippen LogP contribution in [0.2, 0.25) is 0 Å². The Hall–Kier alpha value is -3.24. The molecular formula is C17H16N2O5. The van der Waals surface area contributed by atoms with Gasteiger partial charge in [0.2, 0.25) is 0 Å².